The second-order valence-electron chi connectivity index (χ2n) is 10.1. The van der Waals surface area contributed by atoms with Crippen molar-refractivity contribution in [2.75, 3.05) is 26.3 Å². The van der Waals surface area contributed by atoms with Crippen molar-refractivity contribution >= 4 is 5.91 Å². The van der Waals surface area contributed by atoms with Crippen molar-refractivity contribution in [3.05, 3.63) is 63.8 Å². The molecule has 3 atom stereocenters. The van der Waals surface area contributed by atoms with Crippen LogP contribution in [0.1, 0.15) is 69.0 Å². The number of aromatic nitrogens is 2. The number of ether oxygens (including phenoxy) is 2. The maximum atomic E-state index is 13.9. The molecule has 4 rings (SSSR count). The van der Waals surface area contributed by atoms with E-state index in [4.69, 9.17) is 9.47 Å². The molecule has 1 fully saturated rings. The molecule has 0 radical (unpaired) electrons. The number of amides is 1. The van der Waals surface area contributed by atoms with Gasteiger partial charge >= 0.3 is 0 Å². The van der Waals surface area contributed by atoms with Crippen molar-refractivity contribution < 1.29 is 19.4 Å². The molecule has 0 spiro atoms. The Kier molecular flexibility index (Phi) is 9.27. The molecular weight excluding hydrogens is 470 g/mol. The summed E-state index contributed by atoms with van der Waals surface area (Å²) in [7, 11) is 1.88. The minimum atomic E-state index is -0.676. The Hall–Kier alpha value is -2.84. The zero-order valence-electron chi connectivity index (χ0n) is 22.4. The lowest BCUT2D eigenvalue weighted by Gasteiger charge is -2.37. The number of para-hydroxylation sites is 1. The molecule has 37 heavy (non-hydrogen) atoms. The second kappa shape index (κ2) is 12.6. The van der Waals surface area contributed by atoms with Gasteiger partial charge in [-0.15, -0.1) is 0 Å². The molecule has 2 aliphatic heterocycles. The van der Waals surface area contributed by atoms with Gasteiger partial charge in [-0.05, 0) is 57.7 Å². The van der Waals surface area contributed by atoms with E-state index in [1.807, 2.05) is 66.9 Å². The molecule has 3 heterocycles. The Bertz CT molecular complexity index is 1130. The van der Waals surface area contributed by atoms with Crippen LogP contribution in [-0.4, -0.2) is 57.9 Å². The lowest BCUT2D eigenvalue weighted by Crippen LogP contribution is -2.42. The van der Waals surface area contributed by atoms with E-state index in [9.17, 15) is 14.7 Å². The summed E-state index contributed by atoms with van der Waals surface area (Å²) in [5.74, 6) is -0.462. The van der Waals surface area contributed by atoms with Gasteiger partial charge in [0.05, 0.1) is 5.69 Å². The first kappa shape index (κ1) is 27.2. The van der Waals surface area contributed by atoms with E-state index >= 15 is 0 Å². The molecule has 1 saturated heterocycles. The van der Waals surface area contributed by atoms with Crippen LogP contribution in [0.5, 0.6) is 0 Å². The maximum Gasteiger partial charge on any atom is 0.288 e. The molecule has 202 valence electrons. The fourth-order valence-corrected chi connectivity index (χ4v) is 5.67. The summed E-state index contributed by atoms with van der Waals surface area (Å²) in [5, 5.41) is 9.61. The first-order valence-electron chi connectivity index (χ1n) is 13.7. The molecule has 0 saturated carbocycles. The summed E-state index contributed by atoms with van der Waals surface area (Å²) in [4.78, 5) is 29.5. The third kappa shape index (κ3) is 5.85. The zero-order chi connectivity index (χ0) is 26.4. The van der Waals surface area contributed by atoms with Gasteiger partial charge in [-0.25, -0.2) is 4.68 Å². The van der Waals surface area contributed by atoms with Gasteiger partial charge in [0.2, 0.25) is 6.29 Å². The number of allylic oxidation sites excluding steroid dienone is 1. The van der Waals surface area contributed by atoms with Gasteiger partial charge in [0.25, 0.3) is 11.5 Å². The Morgan fingerprint density at radius 2 is 1.78 bits per heavy atom. The van der Waals surface area contributed by atoms with Crippen LogP contribution in [0.15, 0.2) is 47.0 Å². The number of likely N-dealkylation sites (tertiary alicyclic amines) is 1. The summed E-state index contributed by atoms with van der Waals surface area (Å²) in [6.07, 6.45) is 7.75. The fourth-order valence-electron chi connectivity index (χ4n) is 5.67. The van der Waals surface area contributed by atoms with Crippen LogP contribution in [0.3, 0.4) is 0 Å². The van der Waals surface area contributed by atoms with Crippen LogP contribution >= 0.6 is 0 Å². The maximum absolute atomic E-state index is 13.9. The van der Waals surface area contributed by atoms with Gasteiger partial charge in [-0.1, -0.05) is 37.5 Å². The van der Waals surface area contributed by atoms with Gasteiger partial charge in [0, 0.05) is 56.4 Å². The summed E-state index contributed by atoms with van der Waals surface area (Å²) in [5.41, 5.74) is 2.14. The van der Waals surface area contributed by atoms with Gasteiger partial charge in [-0.3, -0.25) is 14.3 Å². The number of aliphatic hydroxyl groups is 1. The molecule has 2 aliphatic rings. The Morgan fingerprint density at radius 3 is 2.43 bits per heavy atom. The molecule has 1 N–H and O–H groups in total. The molecule has 8 heteroatoms. The highest BCUT2D eigenvalue weighted by atomic mass is 16.7. The van der Waals surface area contributed by atoms with E-state index in [2.05, 4.69) is 0 Å². The minimum absolute atomic E-state index is 0.0351. The molecule has 0 bridgehead atoms. The Morgan fingerprint density at radius 1 is 1.11 bits per heavy atom. The number of nitrogens with zero attached hydrogens (tertiary/aromatic N) is 3. The SMILES string of the molecule is CCO[C@@H]1OC(C(=O)N2CCCCCCC2)=C[C@H](c2c(C)n(C)n(-c3ccccc3)c2=O)[C@@H]1CCCO. The monoisotopic (exact) mass is 511 g/mol. The number of benzene rings is 1. The summed E-state index contributed by atoms with van der Waals surface area (Å²) in [6.45, 7) is 5.71. The molecule has 2 aromatic rings. The number of rotatable bonds is 8. The normalized spacial score (nSPS) is 22.6. The van der Waals surface area contributed by atoms with Crippen LogP contribution in [0.4, 0.5) is 0 Å². The van der Waals surface area contributed by atoms with E-state index in [0.29, 0.717) is 38.1 Å². The van der Waals surface area contributed by atoms with Crippen molar-refractivity contribution in [2.24, 2.45) is 13.0 Å². The van der Waals surface area contributed by atoms with Crippen LogP contribution < -0.4 is 5.56 Å². The summed E-state index contributed by atoms with van der Waals surface area (Å²) < 4.78 is 15.8. The predicted octanol–water partition coefficient (Wildman–Crippen LogP) is 4.03. The van der Waals surface area contributed by atoms with E-state index in [1.54, 1.807) is 4.68 Å². The average molecular weight is 512 g/mol. The largest absolute Gasteiger partial charge is 0.459 e. The predicted molar refractivity (Wildman–Crippen MR) is 143 cm³/mol. The first-order chi connectivity index (χ1) is 18.0. The fraction of sp³-hybridized carbons (Fsp3) is 0.586. The van der Waals surface area contributed by atoms with Crippen molar-refractivity contribution in [2.45, 2.75) is 71.0 Å². The molecular formula is C29H41N3O5. The van der Waals surface area contributed by atoms with Crippen molar-refractivity contribution in [3.8, 4) is 5.69 Å². The molecule has 1 aromatic carbocycles. The van der Waals surface area contributed by atoms with Gasteiger partial charge in [-0.2, -0.15) is 0 Å². The van der Waals surface area contributed by atoms with Crippen molar-refractivity contribution in [1.29, 1.82) is 0 Å². The Balaban J connectivity index is 1.80. The topological polar surface area (TPSA) is 85.9 Å². The quantitative estimate of drug-likeness (QED) is 0.579. The highest BCUT2D eigenvalue weighted by Gasteiger charge is 2.41. The standard InChI is InChI=1S/C29H41N3O5/c1-4-36-29-23(16-13-19-33)24(20-25(37-29)27(34)31-17-11-6-5-7-12-18-31)26-21(2)30(3)32(28(26)35)22-14-9-8-10-15-22/h8-10,14-15,20,23-24,29,33H,4-7,11-13,16-19H2,1-3H3/t23-,24-,29+/m0/s1. The number of hydrogen-bond donors (Lipinski definition) is 1. The number of hydrogen-bond acceptors (Lipinski definition) is 5. The van der Waals surface area contributed by atoms with Crippen LogP contribution in [0.25, 0.3) is 5.69 Å². The molecule has 1 aromatic heterocycles. The third-order valence-corrected chi connectivity index (χ3v) is 7.70. The number of aliphatic hydroxyl groups excluding tert-OH is 1. The van der Waals surface area contributed by atoms with Gasteiger partial charge in [0.15, 0.2) is 5.76 Å². The number of carbonyl (C=O) groups excluding carboxylic acids is 1. The highest BCUT2D eigenvalue weighted by molar-refractivity contribution is 5.91. The van der Waals surface area contributed by atoms with Crippen LogP contribution in [0, 0.1) is 12.8 Å². The summed E-state index contributed by atoms with van der Waals surface area (Å²) in [6, 6.07) is 9.56. The molecule has 1 amide bonds. The number of carbonyl (C=O) groups is 1. The van der Waals surface area contributed by atoms with Crippen molar-refractivity contribution in [3.63, 3.8) is 0 Å². The summed E-state index contributed by atoms with van der Waals surface area (Å²) >= 11 is 0. The van der Waals surface area contributed by atoms with Crippen LogP contribution in [0.2, 0.25) is 0 Å². The van der Waals surface area contributed by atoms with Crippen molar-refractivity contribution in [1.82, 2.24) is 14.3 Å². The lowest BCUT2D eigenvalue weighted by atomic mass is 9.80. The highest BCUT2D eigenvalue weighted by Crippen LogP contribution is 2.40. The van der Waals surface area contributed by atoms with Crippen LogP contribution in [-0.2, 0) is 21.3 Å². The van der Waals surface area contributed by atoms with E-state index in [1.165, 1.54) is 6.42 Å². The molecule has 8 nitrogen and oxygen atoms in total. The average Bonchev–Trinajstić information content (AvgIpc) is 3.10. The minimum Gasteiger partial charge on any atom is -0.459 e. The van der Waals surface area contributed by atoms with Gasteiger partial charge in [0.1, 0.15) is 0 Å². The zero-order valence-corrected chi connectivity index (χ0v) is 22.4. The van der Waals surface area contributed by atoms with E-state index in [-0.39, 0.29) is 35.7 Å². The second-order valence-corrected chi connectivity index (χ2v) is 10.1. The van der Waals surface area contributed by atoms with E-state index < -0.39 is 6.29 Å². The van der Waals surface area contributed by atoms with E-state index in [0.717, 1.165) is 37.1 Å². The lowest BCUT2D eigenvalue weighted by molar-refractivity contribution is -0.170. The molecule has 0 unspecified atom stereocenters. The Labute approximate surface area is 219 Å². The third-order valence-electron chi connectivity index (χ3n) is 7.70. The first-order valence-corrected chi connectivity index (χ1v) is 13.7. The smallest absolute Gasteiger partial charge is 0.288 e. The molecule has 0 aliphatic carbocycles. The van der Waals surface area contributed by atoms with Gasteiger partial charge < -0.3 is 19.5 Å².